The van der Waals surface area contributed by atoms with Crippen LogP contribution < -0.4 is 10.3 Å². The first-order valence-corrected chi connectivity index (χ1v) is 7.54. The summed E-state index contributed by atoms with van der Waals surface area (Å²) in [5.74, 6) is -2.30. The van der Waals surface area contributed by atoms with Crippen LogP contribution in [0.5, 0.6) is 5.75 Å². The SMILES string of the molecule is COc1ccc2nc(C(F)(F)CCOCC3CC3)c(=O)[nH]c2c1. The third kappa shape index (κ3) is 3.67. The zero-order valence-corrected chi connectivity index (χ0v) is 12.8. The summed E-state index contributed by atoms with van der Waals surface area (Å²) in [4.78, 5) is 18.2. The summed E-state index contributed by atoms with van der Waals surface area (Å²) in [6.45, 7) is 0.419. The lowest BCUT2D eigenvalue weighted by molar-refractivity contribution is -0.0441. The van der Waals surface area contributed by atoms with Gasteiger partial charge in [-0.2, -0.15) is 8.78 Å². The number of H-pyrrole nitrogens is 1. The second kappa shape index (κ2) is 6.23. The molecule has 0 radical (unpaired) electrons. The van der Waals surface area contributed by atoms with Crippen molar-refractivity contribution in [2.75, 3.05) is 20.3 Å². The molecule has 23 heavy (non-hydrogen) atoms. The first-order valence-electron chi connectivity index (χ1n) is 7.54. The zero-order valence-electron chi connectivity index (χ0n) is 12.8. The van der Waals surface area contributed by atoms with Crippen LogP contribution in [0.25, 0.3) is 11.0 Å². The van der Waals surface area contributed by atoms with Crippen molar-refractivity contribution in [2.24, 2.45) is 5.92 Å². The van der Waals surface area contributed by atoms with Crippen LogP contribution in [0.2, 0.25) is 0 Å². The van der Waals surface area contributed by atoms with E-state index in [1.165, 1.54) is 13.2 Å². The average molecular weight is 324 g/mol. The molecule has 3 rings (SSSR count). The van der Waals surface area contributed by atoms with Crippen LogP contribution in [0.3, 0.4) is 0 Å². The highest BCUT2D eigenvalue weighted by Crippen LogP contribution is 2.31. The van der Waals surface area contributed by atoms with Gasteiger partial charge >= 0.3 is 0 Å². The van der Waals surface area contributed by atoms with Crippen LogP contribution in [-0.4, -0.2) is 30.3 Å². The molecule has 1 fully saturated rings. The van der Waals surface area contributed by atoms with Gasteiger partial charge < -0.3 is 14.5 Å². The maximum atomic E-state index is 14.2. The Morgan fingerprint density at radius 1 is 1.39 bits per heavy atom. The lowest BCUT2D eigenvalue weighted by Crippen LogP contribution is -2.28. The fraction of sp³-hybridized carbons (Fsp3) is 0.500. The molecule has 0 unspecified atom stereocenters. The molecule has 2 aromatic rings. The highest BCUT2D eigenvalue weighted by atomic mass is 19.3. The van der Waals surface area contributed by atoms with Crippen LogP contribution in [-0.2, 0) is 10.7 Å². The Kier molecular flexibility index (Phi) is 4.30. The molecule has 0 saturated heterocycles. The van der Waals surface area contributed by atoms with Gasteiger partial charge in [-0.1, -0.05) is 0 Å². The number of nitrogens with one attached hydrogen (secondary N) is 1. The van der Waals surface area contributed by atoms with E-state index < -0.39 is 23.6 Å². The highest BCUT2D eigenvalue weighted by Gasteiger charge is 2.36. The van der Waals surface area contributed by atoms with E-state index >= 15 is 0 Å². The van der Waals surface area contributed by atoms with Crippen LogP contribution >= 0.6 is 0 Å². The maximum absolute atomic E-state index is 14.2. The van der Waals surface area contributed by atoms with Gasteiger partial charge in [0.25, 0.3) is 11.5 Å². The largest absolute Gasteiger partial charge is 0.497 e. The average Bonchev–Trinajstić information content (AvgIpc) is 3.34. The minimum atomic E-state index is -3.33. The summed E-state index contributed by atoms with van der Waals surface area (Å²) in [6.07, 6.45) is 1.65. The molecule has 0 bridgehead atoms. The summed E-state index contributed by atoms with van der Waals surface area (Å²) in [6, 6.07) is 4.69. The minimum Gasteiger partial charge on any atom is -0.497 e. The van der Waals surface area contributed by atoms with E-state index in [-0.39, 0.29) is 6.61 Å². The maximum Gasteiger partial charge on any atom is 0.297 e. The second-order valence-electron chi connectivity index (χ2n) is 5.77. The smallest absolute Gasteiger partial charge is 0.297 e. The number of fused-ring (bicyclic) bond motifs is 1. The molecule has 0 atom stereocenters. The normalized spacial score (nSPS) is 15.1. The van der Waals surface area contributed by atoms with Crippen LogP contribution in [0.1, 0.15) is 25.0 Å². The Balaban J connectivity index is 1.79. The van der Waals surface area contributed by atoms with Crippen molar-refractivity contribution in [3.63, 3.8) is 0 Å². The van der Waals surface area contributed by atoms with E-state index in [1.807, 2.05) is 0 Å². The predicted molar refractivity (Wildman–Crippen MR) is 81.0 cm³/mol. The summed E-state index contributed by atoms with van der Waals surface area (Å²) in [5.41, 5.74) is -1.01. The van der Waals surface area contributed by atoms with E-state index in [9.17, 15) is 13.6 Å². The number of nitrogens with zero attached hydrogens (tertiary/aromatic N) is 1. The molecular weight excluding hydrogens is 306 g/mol. The van der Waals surface area contributed by atoms with Crippen molar-refractivity contribution in [1.29, 1.82) is 0 Å². The highest BCUT2D eigenvalue weighted by molar-refractivity contribution is 5.75. The van der Waals surface area contributed by atoms with Gasteiger partial charge in [-0.05, 0) is 30.9 Å². The van der Waals surface area contributed by atoms with E-state index in [0.717, 1.165) is 12.8 Å². The monoisotopic (exact) mass is 324 g/mol. The van der Waals surface area contributed by atoms with E-state index in [1.54, 1.807) is 12.1 Å². The number of ether oxygens (including phenoxy) is 2. The van der Waals surface area contributed by atoms with E-state index in [2.05, 4.69) is 9.97 Å². The summed E-state index contributed by atoms with van der Waals surface area (Å²) >= 11 is 0. The predicted octanol–water partition coefficient (Wildman–Crippen LogP) is 2.84. The van der Waals surface area contributed by atoms with E-state index in [0.29, 0.717) is 29.3 Å². The first-order chi connectivity index (χ1) is 11.0. The fourth-order valence-electron chi connectivity index (χ4n) is 2.29. The Morgan fingerprint density at radius 2 is 2.17 bits per heavy atom. The number of hydrogen-bond donors (Lipinski definition) is 1. The number of halogens is 2. The number of aromatic nitrogens is 2. The van der Waals surface area contributed by atoms with Gasteiger partial charge in [-0.25, -0.2) is 4.98 Å². The summed E-state index contributed by atoms with van der Waals surface area (Å²) in [7, 11) is 1.48. The lowest BCUT2D eigenvalue weighted by atomic mass is 10.1. The topological polar surface area (TPSA) is 64.2 Å². The molecule has 1 aliphatic rings. The molecule has 0 spiro atoms. The third-order valence-electron chi connectivity index (χ3n) is 3.86. The fourth-order valence-corrected chi connectivity index (χ4v) is 2.29. The standard InChI is InChI=1S/C16H18F2N2O3/c1-22-11-4-5-12-13(8-11)20-15(21)14(19-12)16(17,18)6-7-23-9-10-2-3-10/h4-5,8,10H,2-3,6-7,9H2,1H3,(H,20,21). The van der Waals surface area contributed by atoms with Gasteiger partial charge in [0, 0.05) is 19.1 Å². The van der Waals surface area contributed by atoms with Crippen molar-refractivity contribution in [3.05, 3.63) is 34.2 Å². The summed E-state index contributed by atoms with van der Waals surface area (Å²) < 4.78 is 38.8. The molecular formula is C16H18F2N2O3. The van der Waals surface area contributed by atoms with E-state index in [4.69, 9.17) is 9.47 Å². The number of rotatable bonds is 7. The van der Waals surface area contributed by atoms with Gasteiger partial charge in [0.15, 0.2) is 5.69 Å². The molecule has 1 N–H and O–H groups in total. The van der Waals surface area contributed by atoms with Gasteiger partial charge in [0.2, 0.25) is 0 Å². The molecule has 1 aromatic heterocycles. The van der Waals surface area contributed by atoms with Gasteiger partial charge in [0.1, 0.15) is 5.75 Å². The first kappa shape index (κ1) is 15.9. The van der Waals surface area contributed by atoms with Gasteiger partial charge in [-0.15, -0.1) is 0 Å². The second-order valence-corrected chi connectivity index (χ2v) is 5.77. The number of hydrogen-bond acceptors (Lipinski definition) is 4. The Morgan fingerprint density at radius 3 is 2.87 bits per heavy atom. The number of alkyl halides is 2. The van der Waals surface area contributed by atoms with Crippen molar-refractivity contribution in [3.8, 4) is 5.75 Å². The van der Waals surface area contributed by atoms with Gasteiger partial charge in [-0.3, -0.25) is 4.79 Å². The number of benzene rings is 1. The third-order valence-corrected chi connectivity index (χ3v) is 3.86. The molecule has 124 valence electrons. The zero-order chi connectivity index (χ0) is 16.4. The Bertz CT molecular complexity index is 757. The summed E-state index contributed by atoms with van der Waals surface area (Å²) in [5, 5.41) is 0. The van der Waals surface area contributed by atoms with Crippen molar-refractivity contribution >= 4 is 11.0 Å². The van der Waals surface area contributed by atoms with Crippen molar-refractivity contribution in [1.82, 2.24) is 9.97 Å². The molecule has 1 heterocycles. The molecule has 0 aliphatic heterocycles. The Labute approximate surface area is 131 Å². The molecule has 7 heteroatoms. The van der Waals surface area contributed by atoms with Crippen LogP contribution in [0.15, 0.2) is 23.0 Å². The molecule has 0 amide bonds. The van der Waals surface area contributed by atoms with Crippen LogP contribution in [0, 0.1) is 5.92 Å². The number of aromatic amines is 1. The quantitative estimate of drug-likeness (QED) is 0.796. The molecule has 1 saturated carbocycles. The minimum absolute atomic E-state index is 0.0920. The molecule has 1 aromatic carbocycles. The Hall–Kier alpha value is -2.02. The molecule has 5 nitrogen and oxygen atoms in total. The van der Waals surface area contributed by atoms with Gasteiger partial charge in [0.05, 0.1) is 24.8 Å². The van der Waals surface area contributed by atoms with Crippen LogP contribution in [0.4, 0.5) is 8.78 Å². The van der Waals surface area contributed by atoms with Crippen molar-refractivity contribution in [2.45, 2.75) is 25.2 Å². The number of methoxy groups -OCH3 is 1. The lowest BCUT2D eigenvalue weighted by Gasteiger charge is -2.15. The van der Waals surface area contributed by atoms with Crippen molar-refractivity contribution < 1.29 is 18.3 Å². The molecule has 1 aliphatic carbocycles.